The lowest BCUT2D eigenvalue weighted by molar-refractivity contribution is -0.121. The molecule has 0 radical (unpaired) electrons. The molecule has 1 aromatic heterocycles. The summed E-state index contributed by atoms with van der Waals surface area (Å²) in [6.07, 6.45) is 2.87. The van der Waals surface area contributed by atoms with Crippen LogP contribution in [0.1, 0.15) is 31.7 Å². The van der Waals surface area contributed by atoms with Crippen molar-refractivity contribution in [2.75, 3.05) is 7.11 Å². The zero-order chi connectivity index (χ0) is 19.1. The number of ether oxygens (including phenoxy) is 1. The summed E-state index contributed by atoms with van der Waals surface area (Å²) < 4.78 is 6.07. The molecule has 0 saturated carbocycles. The highest BCUT2D eigenvalue weighted by Gasteiger charge is 2.16. The fourth-order valence-corrected chi connectivity index (χ4v) is 2.25. The van der Waals surface area contributed by atoms with Crippen molar-refractivity contribution in [1.29, 1.82) is 0 Å². The van der Waals surface area contributed by atoms with E-state index in [1.54, 1.807) is 24.3 Å². The van der Waals surface area contributed by atoms with E-state index in [9.17, 15) is 19.5 Å². The van der Waals surface area contributed by atoms with E-state index in [1.165, 1.54) is 7.11 Å². The minimum Gasteiger partial charge on any atom is -0.495 e. The predicted octanol–water partition coefficient (Wildman–Crippen LogP) is 0.880. The number of hydrazone groups is 1. The number of nitrogens with zero attached hydrogens (tertiary/aromatic N) is 2. The van der Waals surface area contributed by atoms with Gasteiger partial charge in [0.1, 0.15) is 11.3 Å². The number of methoxy groups -OCH3 is 1. The third-order valence-electron chi connectivity index (χ3n) is 3.59. The second-order valence-corrected chi connectivity index (χ2v) is 5.40. The van der Waals surface area contributed by atoms with Gasteiger partial charge in [0.2, 0.25) is 11.8 Å². The molecule has 0 aliphatic carbocycles. The highest BCUT2D eigenvalue weighted by molar-refractivity contribution is 5.84. The van der Waals surface area contributed by atoms with Crippen LogP contribution in [0, 0.1) is 0 Å². The smallest absolute Gasteiger partial charge is 0.335 e. The number of nitrogens with one attached hydrogen (secondary N) is 2. The van der Waals surface area contributed by atoms with Crippen LogP contribution in [0.2, 0.25) is 0 Å². The highest BCUT2D eigenvalue weighted by atomic mass is 16.5. The van der Waals surface area contributed by atoms with Crippen LogP contribution in [-0.4, -0.2) is 33.9 Å². The zero-order valence-corrected chi connectivity index (χ0v) is 14.5. The summed E-state index contributed by atoms with van der Waals surface area (Å²) in [4.78, 5) is 37.8. The SMILES string of the molecule is CCCCC(=O)N/N=C\c1c(O)n(-c2ccccc2OC)c(=O)[nH]c1=O. The first kappa shape index (κ1) is 19.0. The fourth-order valence-electron chi connectivity index (χ4n) is 2.25. The van der Waals surface area contributed by atoms with Gasteiger partial charge in [-0.2, -0.15) is 5.10 Å². The van der Waals surface area contributed by atoms with Crippen molar-refractivity contribution in [3.63, 3.8) is 0 Å². The lowest BCUT2D eigenvalue weighted by Crippen LogP contribution is -2.31. The van der Waals surface area contributed by atoms with Gasteiger partial charge in [0.05, 0.1) is 19.0 Å². The molecule has 26 heavy (non-hydrogen) atoms. The summed E-state index contributed by atoms with van der Waals surface area (Å²) in [5.41, 5.74) is 0.584. The average molecular weight is 360 g/mol. The number of aromatic amines is 1. The lowest BCUT2D eigenvalue weighted by atomic mass is 10.2. The molecule has 0 aliphatic heterocycles. The van der Waals surface area contributed by atoms with Gasteiger partial charge in [0, 0.05) is 6.42 Å². The predicted molar refractivity (Wildman–Crippen MR) is 96.1 cm³/mol. The zero-order valence-electron chi connectivity index (χ0n) is 14.5. The van der Waals surface area contributed by atoms with Crippen molar-refractivity contribution in [1.82, 2.24) is 15.0 Å². The second kappa shape index (κ2) is 8.65. The number of aromatic hydroxyl groups is 1. The molecule has 0 unspecified atom stereocenters. The highest BCUT2D eigenvalue weighted by Crippen LogP contribution is 2.24. The normalized spacial score (nSPS) is 10.8. The molecular weight excluding hydrogens is 340 g/mol. The summed E-state index contributed by atoms with van der Waals surface area (Å²) in [5.74, 6) is -0.598. The topological polar surface area (TPSA) is 126 Å². The summed E-state index contributed by atoms with van der Waals surface area (Å²) in [5, 5.41) is 14.1. The average Bonchev–Trinajstić information content (AvgIpc) is 2.62. The van der Waals surface area contributed by atoms with Crippen molar-refractivity contribution in [3.8, 4) is 17.3 Å². The Kier molecular flexibility index (Phi) is 6.31. The number of amides is 1. The molecule has 0 bridgehead atoms. The van der Waals surface area contributed by atoms with E-state index in [1.807, 2.05) is 6.92 Å². The summed E-state index contributed by atoms with van der Waals surface area (Å²) in [6, 6.07) is 6.50. The Hall–Kier alpha value is -3.36. The van der Waals surface area contributed by atoms with Crippen LogP contribution in [0.5, 0.6) is 11.6 Å². The Labute approximate surface area is 149 Å². The molecule has 3 N–H and O–H groups in total. The number of carbonyl (C=O) groups excluding carboxylic acids is 1. The number of H-pyrrole nitrogens is 1. The van der Waals surface area contributed by atoms with E-state index < -0.39 is 17.1 Å². The minimum atomic E-state index is -0.832. The van der Waals surface area contributed by atoms with Gasteiger partial charge in [0.25, 0.3) is 5.56 Å². The van der Waals surface area contributed by atoms with Crippen LogP contribution in [0.15, 0.2) is 39.0 Å². The molecule has 1 heterocycles. The van der Waals surface area contributed by atoms with Gasteiger partial charge in [-0.05, 0) is 18.6 Å². The number of para-hydroxylation sites is 2. The third-order valence-corrected chi connectivity index (χ3v) is 3.59. The number of aromatic nitrogens is 2. The molecule has 138 valence electrons. The maximum absolute atomic E-state index is 12.2. The summed E-state index contributed by atoms with van der Waals surface area (Å²) >= 11 is 0. The van der Waals surface area contributed by atoms with Crippen molar-refractivity contribution in [2.24, 2.45) is 5.10 Å². The summed E-state index contributed by atoms with van der Waals surface area (Å²) in [6.45, 7) is 1.95. The van der Waals surface area contributed by atoms with Gasteiger partial charge in [-0.3, -0.25) is 14.6 Å². The lowest BCUT2D eigenvalue weighted by Gasteiger charge is -2.12. The molecule has 0 atom stereocenters. The molecule has 1 aromatic carbocycles. The van der Waals surface area contributed by atoms with E-state index in [4.69, 9.17) is 4.74 Å². The molecule has 1 amide bonds. The maximum atomic E-state index is 12.2. The molecular formula is C17H20N4O5. The first-order valence-corrected chi connectivity index (χ1v) is 8.03. The Bertz CT molecular complexity index is 929. The minimum absolute atomic E-state index is 0.246. The van der Waals surface area contributed by atoms with Gasteiger partial charge >= 0.3 is 5.69 Å². The standard InChI is InChI=1S/C17H20N4O5/c1-3-4-9-14(22)20-18-10-11-15(23)19-17(25)21(16(11)24)12-7-5-6-8-13(12)26-2/h5-8,10,24H,3-4,9H2,1-2H3,(H,20,22)(H,19,23,25)/b18-10-. The van der Waals surface area contributed by atoms with Crippen molar-refractivity contribution < 1.29 is 14.6 Å². The monoisotopic (exact) mass is 360 g/mol. The molecule has 2 rings (SSSR count). The van der Waals surface area contributed by atoms with E-state index in [2.05, 4.69) is 15.5 Å². The third kappa shape index (κ3) is 4.18. The van der Waals surface area contributed by atoms with Crippen LogP contribution in [0.25, 0.3) is 5.69 Å². The van der Waals surface area contributed by atoms with E-state index in [0.29, 0.717) is 18.6 Å². The number of hydrogen-bond donors (Lipinski definition) is 3. The molecule has 0 spiro atoms. The van der Waals surface area contributed by atoms with Crippen molar-refractivity contribution in [3.05, 3.63) is 50.7 Å². The number of unbranched alkanes of at least 4 members (excludes halogenated alkanes) is 1. The number of carbonyl (C=O) groups is 1. The first-order valence-electron chi connectivity index (χ1n) is 8.03. The van der Waals surface area contributed by atoms with Crippen LogP contribution in [-0.2, 0) is 4.79 Å². The second-order valence-electron chi connectivity index (χ2n) is 5.40. The quantitative estimate of drug-likeness (QED) is 0.499. The van der Waals surface area contributed by atoms with Gasteiger partial charge in [-0.25, -0.2) is 14.8 Å². The van der Waals surface area contributed by atoms with E-state index in [0.717, 1.165) is 17.2 Å². The van der Waals surface area contributed by atoms with Crippen LogP contribution < -0.4 is 21.4 Å². The molecule has 2 aromatic rings. The molecule has 0 fully saturated rings. The molecule has 0 saturated heterocycles. The van der Waals surface area contributed by atoms with E-state index in [-0.39, 0.29) is 17.2 Å². The summed E-state index contributed by atoms with van der Waals surface area (Å²) in [7, 11) is 1.42. The van der Waals surface area contributed by atoms with Gasteiger partial charge in [-0.1, -0.05) is 25.5 Å². The Morgan fingerprint density at radius 3 is 2.81 bits per heavy atom. The van der Waals surface area contributed by atoms with Crippen molar-refractivity contribution >= 4 is 12.1 Å². The van der Waals surface area contributed by atoms with Gasteiger partial charge < -0.3 is 9.84 Å². The Morgan fingerprint density at radius 2 is 2.12 bits per heavy atom. The van der Waals surface area contributed by atoms with Gasteiger partial charge in [0.15, 0.2) is 0 Å². The van der Waals surface area contributed by atoms with Crippen LogP contribution in [0.4, 0.5) is 0 Å². The van der Waals surface area contributed by atoms with Crippen LogP contribution >= 0.6 is 0 Å². The van der Waals surface area contributed by atoms with E-state index >= 15 is 0 Å². The number of hydrogen-bond acceptors (Lipinski definition) is 6. The molecule has 9 nitrogen and oxygen atoms in total. The number of rotatable bonds is 7. The van der Waals surface area contributed by atoms with Gasteiger partial charge in [-0.15, -0.1) is 0 Å². The Morgan fingerprint density at radius 1 is 1.38 bits per heavy atom. The molecule has 0 aliphatic rings. The fraction of sp³-hybridized carbons (Fsp3) is 0.294. The van der Waals surface area contributed by atoms with Crippen LogP contribution in [0.3, 0.4) is 0 Å². The maximum Gasteiger partial charge on any atom is 0.335 e. The first-order chi connectivity index (χ1) is 12.5. The molecule has 9 heteroatoms. The van der Waals surface area contributed by atoms with Crippen molar-refractivity contribution in [2.45, 2.75) is 26.2 Å². The largest absolute Gasteiger partial charge is 0.495 e. The Balaban J connectivity index is 2.42. The number of benzene rings is 1.